The molecule has 0 N–H and O–H groups in total. The minimum atomic E-state index is -1.64. The third-order valence-corrected chi connectivity index (χ3v) is 8.88. The van der Waals surface area contributed by atoms with Crippen LogP contribution in [-0.4, -0.2) is 20.7 Å². The van der Waals surface area contributed by atoms with Crippen LogP contribution in [0.4, 0.5) is 0 Å². The quantitative estimate of drug-likeness (QED) is 0.190. The second-order valence-electron chi connectivity index (χ2n) is 5.61. The number of carbonyl (C=O) groups is 1. The molecule has 3 heteroatoms. The zero-order valence-electron chi connectivity index (χ0n) is 14.4. The molecule has 0 rings (SSSR count). The monoisotopic (exact) mass is 310 g/mol. The molecule has 0 aliphatic carbocycles. The molecule has 122 valence electrons. The van der Waals surface area contributed by atoms with E-state index in [9.17, 15) is 4.79 Å². The molecule has 21 heavy (non-hydrogen) atoms. The highest BCUT2D eigenvalue weighted by Gasteiger charge is 2.30. The molecule has 0 radical (unpaired) electrons. The second-order valence-corrected chi connectivity index (χ2v) is 10.3. The number of aldehydes is 1. The van der Waals surface area contributed by atoms with Crippen molar-refractivity contribution in [1.29, 1.82) is 0 Å². The summed E-state index contributed by atoms with van der Waals surface area (Å²) < 4.78 is 6.36. The third kappa shape index (κ3) is 9.05. The predicted molar refractivity (Wildman–Crippen MR) is 95.2 cm³/mol. The highest BCUT2D eigenvalue weighted by molar-refractivity contribution is 6.73. The van der Waals surface area contributed by atoms with Gasteiger partial charge in [0, 0.05) is 6.42 Å². The Morgan fingerprint density at radius 2 is 1.67 bits per heavy atom. The van der Waals surface area contributed by atoms with Gasteiger partial charge in [-0.1, -0.05) is 64.8 Å². The van der Waals surface area contributed by atoms with Crippen LogP contribution in [0.5, 0.6) is 0 Å². The molecule has 0 spiro atoms. The van der Waals surface area contributed by atoms with Crippen molar-refractivity contribution in [3.05, 3.63) is 24.3 Å². The zero-order chi connectivity index (χ0) is 16.0. The van der Waals surface area contributed by atoms with Crippen LogP contribution < -0.4 is 0 Å². The van der Waals surface area contributed by atoms with E-state index in [1.165, 1.54) is 19.3 Å². The lowest BCUT2D eigenvalue weighted by molar-refractivity contribution is -0.108. The Morgan fingerprint density at radius 3 is 2.19 bits per heavy atom. The third-order valence-electron chi connectivity index (χ3n) is 4.21. The normalized spacial score (nSPS) is 14.1. The molecular weight excluding hydrogens is 276 g/mol. The summed E-state index contributed by atoms with van der Waals surface area (Å²) >= 11 is 0. The van der Waals surface area contributed by atoms with Crippen molar-refractivity contribution in [3.63, 3.8) is 0 Å². The lowest BCUT2D eigenvalue weighted by atomic mass is 10.2. The molecule has 0 amide bonds. The molecule has 0 aliphatic heterocycles. The van der Waals surface area contributed by atoms with E-state index in [1.807, 2.05) is 12.2 Å². The van der Waals surface area contributed by atoms with E-state index in [-0.39, 0.29) is 6.10 Å². The van der Waals surface area contributed by atoms with E-state index in [2.05, 4.69) is 39.8 Å². The van der Waals surface area contributed by atoms with E-state index in [0.29, 0.717) is 6.42 Å². The Kier molecular flexibility index (Phi) is 12.6. The summed E-state index contributed by atoms with van der Waals surface area (Å²) in [6, 6.07) is 3.36. The molecule has 2 nitrogen and oxygen atoms in total. The molecule has 1 atom stereocenters. The maximum Gasteiger partial charge on any atom is 0.192 e. The molecule has 0 saturated carbocycles. The molecule has 0 heterocycles. The van der Waals surface area contributed by atoms with Gasteiger partial charge in [0.25, 0.3) is 0 Å². The Bertz CT molecular complexity index is 298. The molecule has 0 aromatic carbocycles. The van der Waals surface area contributed by atoms with Crippen LogP contribution in [0.15, 0.2) is 24.3 Å². The highest BCUT2D eigenvalue weighted by atomic mass is 28.4. The minimum absolute atomic E-state index is 0.0469. The van der Waals surface area contributed by atoms with Gasteiger partial charge in [-0.2, -0.15) is 0 Å². The lowest BCUT2D eigenvalue weighted by Gasteiger charge is -2.31. The Labute approximate surface area is 132 Å². The van der Waals surface area contributed by atoms with Gasteiger partial charge in [-0.15, -0.1) is 0 Å². The van der Waals surface area contributed by atoms with E-state index >= 15 is 0 Å². The Morgan fingerprint density at radius 1 is 1.00 bits per heavy atom. The first-order valence-electron chi connectivity index (χ1n) is 8.62. The van der Waals surface area contributed by atoms with Crippen LogP contribution in [0, 0.1) is 0 Å². The number of unbranched alkanes of at least 4 members (excludes halogenated alkanes) is 3. The van der Waals surface area contributed by atoms with Crippen LogP contribution >= 0.6 is 0 Å². The first kappa shape index (κ1) is 20.3. The van der Waals surface area contributed by atoms with E-state index in [4.69, 9.17) is 4.43 Å². The van der Waals surface area contributed by atoms with Crippen molar-refractivity contribution in [2.45, 2.75) is 84.0 Å². The standard InChI is InChI=1S/C18H34O2Si/c1-5-9-10-11-12-13-14-15-18(16-17-19)20-21(6-2,7-3)8-4/h12-15,17-18H,5-11,16H2,1-4H3/b13-12+,15-14+. The topological polar surface area (TPSA) is 26.3 Å². The van der Waals surface area contributed by atoms with Crippen LogP contribution in [0.3, 0.4) is 0 Å². The summed E-state index contributed by atoms with van der Waals surface area (Å²) in [5.74, 6) is 0. The predicted octanol–water partition coefficient (Wildman–Crippen LogP) is 5.66. The average molecular weight is 311 g/mol. The SMILES string of the molecule is CCCCC/C=C/C=C/C(CC=O)O[Si](CC)(CC)CC. The van der Waals surface area contributed by atoms with Crippen molar-refractivity contribution < 1.29 is 9.22 Å². The van der Waals surface area contributed by atoms with E-state index < -0.39 is 8.32 Å². The summed E-state index contributed by atoms with van der Waals surface area (Å²) in [7, 11) is -1.64. The van der Waals surface area contributed by atoms with Crippen molar-refractivity contribution in [3.8, 4) is 0 Å². The van der Waals surface area contributed by atoms with Crippen molar-refractivity contribution >= 4 is 14.6 Å². The van der Waals surface area contributed by atoms with Gasteiger partial charge in [0.1, 0.15) is 6.29 Å². The van der Waals surface area contributed by atoms with Crippen molar-refractivity contribution in [1.82, 2.24) is 0 Å². The fourth-order valence-corrected chi connectivity index (χ4v) is 5.27. The van der Waals surface area contributed by atoms with Gasteiger partial charge in [-0.05, 0) is 31.0 Å². The van der Waals surface area contributed by atoms with Crippen LogP contribution in [0.1, 0.15) is 59.8 Å². The summed E-state index contributed by atoms with van der Waals surface area (Å²) in [5.41, 5.74) is 0. The number of allylic oxidation sites excluding steroid dienone is 3. The first-order chi connectivity index (χ1) is 10.2. The van der Waals surface area contributed by atoms with Crippen LogP contribution in [0.25, 0.3) is 0 Å². The number of carbonyl (C=O) groups excluding carboxylic acids is 1. The largest absolute Gasteiger partial charge is 0.410 e. The minimum Gasteiger partial charge on any atom is -0.410 e. The van der Waals surface area contributed by atoms with E-state index in [1.54, 1.807) is 0 Å². The van der Waals surface area contributed by atoms with Crippen LogP contribution in [0.2, 0.25) is 18.1 Å². The molecule has 0 aromatic rings. The Balaban J connectivity index is 4.43. The molecule has 1 unspecified atom stereocenters. The molecule has 0 aromatic heterocycles. The van der Waals surface area contributed by atoms with Gasteiger partial charge in [-0.3, -0.25) is 0 Å². The molecule has 0 fully saturated rings. The smallest absolute Gasteiger partial charge is 0.192 e. The van der Waals surface area contributed by atoms with Gasteiger partial charge < -0.3 is 9.22 Å². The maximum atomic E-state index is 10.9. The van der Waals surface area contributed by atoms with Crippen molar-refractivity contribution in [2.75, 3.05) is 0 Å². The molecule has 0 aliphatic rings. The number of hydrogen-bond donors (Lipinski definition) is 0. The van der Waals surface area contributed by atoms with Gasteiger partial charge in [0.15, 0.2) is 8.32 Å². The Hall–Kier alpha value is -0.673. The fourth-order valence-electron chi connectivity index (χ4n) is 2.46. The molecular formula is C18H34O2Si. The lowest BCUT2D eigenvalue weighted by Crippen LogP contribution is -2.39. The summed E-state index contributed by atoms with van der Waals surface area (Å²) in [6.45, 7) is 8.87. The van der Waals surface area contributed by atoms with Gasteiger partial charge in [0.05, 0.1) is 6.10 Å². The van der Waals surface area contributed by atoms with Crippen molar-refractivity contribution in [2.24, 2.45) is 0 Å². The summed E-state index contributed by atoms with van der Waals surface area (Å²) in [5, 5.41) is 0. The van der Waals surface area contributed by atoms with E-state index in [0.717, 1.165) is 30.8 Å². The summed E-state index contributed by atoms with van der Waals surface area (Å²) in [6.07, 6.45) is 14.7. The first-order valence-corrected chi connectivity index (χ1v) is 11.2. The molecule has 0 saturated heterocycles. The highest BCUT2D eigenvalue weighted by Crippen LogP contribution is 2.24. The van der Waals surface area contributed by atoms with Gasteiger partial charge >= 0.3 is 0 Å². The van der Waals surface area contributed by atoms with Crippen LogP contribution in [-0.2, 0) is 9.22 Å². The second kappa shape index (κ2) is 13.0. The summed E-state index contributed by atoms with van der Waals surface area (Å²) in [4.78, 5) is 10.9. The average Bonchev–Trinajstić information content (AvgIpc) is 2.52. The zero-order valence-corrected chi connectivity index (χ0v) is 15.4. The molecule has 0 bridgehead atoms. The van der Waals surface area contributed by atoms with Gasteiger partial charge in [-0.25, -0.2) is 0 Å². The number of rotatable bonds is 13. The number of hydrogen-bond acceptors (Lipinski definition) is 2. The maximum absolute atomic E-state index is 10.9. The van der Waals surface area contributed by atoms with Gasteiger partial charge in [0.2, 0.25) is 0 Å². The fraction of sp³-hybridized carbons (Fsp3) is 0.722.